The van der Waals surface area contributed by atoms with Crippen LogP contribution in [-0.2, 0) is 16.0 Å². The van der Waals surface area contributed by atoms with E-state index in [1.54, 1.807) is 11.1 Å². The lowest BCUT2D eigenvalue weighted by molar-refractivity contribution is -0.0474. The molecule has 1 aliphatic rings. The number of hydrogen-bond donors (Lipinski definition) is 0. The molecule has 0 radical (unpaired) electrons. The average molecular weight is 346 g/mol. The maximum atomic E-state index is 12.0. The maximum Gasteiger partial charge on any atom is 0.410 e. The summed E-state index contributed by atoms with van der Waals surface area (Å²) in [6, 6.07) is 0. The highest BCUT2D eigenvalue weighted by Gasteiger charge is 2.28. The minimum absolute atomic E-state index is 0.0539. The van der Waals surface area contributed by atoms with E-state index in [1.165, 1.54) is 0 Å². The van der Waals surface area contributed by atoms with Crippen molar-refractivity contribution in [1.82, 2.24) is 14.5 Å². The number of nitrogens with zero attached hydrogens (tertiary/aromatic N) is 3. The molecular weight excluding hydrogens is 326 g/mol. The summed E-state index contributed by atoms with van der Waals surface area (Å²) in [5.74, 6) is 0. The lowest BCUT2D eigenvalue weighted by Gasteiger charge is -2.34. The summed E-state index contributed by atoms with van der Waals surface area (Å²) in [7, 11) is 0. The molecule has 0 aliphatic carbocycles. The van der Waals surface area contributed by atoms with E-state index in [2.05, 4.69) is 20.9 Å². The van der Waals surface area contributed by atoms with Gasteiger partial charge in [0, 0.05) is 18.9 Å². The lowest BCUT2D eigenvalue weighted by atomic mass is 10.2. The molecule has 0 saturated carbocycles. The Bertz CT molecular complexity index is 470. The van der Waals surface area contributed by atoms with Crippen LogP contribution in [0.1, 0.15) is 20.8 Å². The van der Waals surface area contributed by atoms with E-state index in [-0.39, 0.29) is 12.2 Å². The van der Waals surface area contributed by atoms with Crippen molar-refractivity contribution < 1.29 is 14.3 Å². The molecule has 1 unspecified atom stereocenters. The first-order valence-corrected chi connectivity index (χ1v) is 7.40. The van der Waals surface area contributed by atoms with Gasteiger partial charge in [0.1, 0.15) is 5.60 Å². The van der Waals surface area contributed by atoms with E-state index in [0.29, 0.717) is 26.2 Å². The molecule has 2 heterocycles. The van der Waals surface area contributed by atoms with Gasteiger partial charge in [-0.05, 0) is 36.7 Å². The highest BCUT2D eigenvalue weighted by molar-refractivity contribution is 9.10. The summed E-state index contributed by atoms with van der Waals surface area (Å²) in [4.78, 5) is 17.9. The minimum atomic E-state index is -0.474. The van der Waals surface area contributed by atoms with E-state index in [9.17, 15) is 4.79 Å². The van der Waals surface area contributed by atoms with Crippen molar-refractivity contribution in [2.45, 2.75) is 39.0 Å². The quantitative estimate of drug-likeness (QED) is 0.825. The Kier molecular flexibility index (Phi) is 4.70. The number of carbonyl (C=O) groups is 1. The number of morpholine rings is 1. The van der Waals surface area contributed by atoms with Gasteiger partial charge < -0.3 is 18.9 Å². The second kappa shape index (κ2) is 6.13. The molecule has 0 spiro atoms. The molecule has 1 amide bonds. The fourth-order valence-corrected chi connectivity index (χ4v) is 2.37. The number of rotatable bonds is 2. The molecular formula is C13H20BrN3O3. The Morgan fingerprint density at radius 1 is 1.60 bits per heavy atom. The van der Waals surface area contributed by atoms with Gasteiger partial charge in [-0.2, -0.15) is 0 Å². The molecule has 1 aromatic rings. The van der Waals surface area contributed by atoms with Gasteiger partial charge in [0.15, 0.2) is 4.73 Å². The monoisotopic (exact) mass is 345 g/mol. The number of hydrogen-bond acceptors (Lipinski definition) is 4. The Hall–Kier alpha value is -1.08. The van der Waals surface area contributed by atoms with Crippen molar-refractivity contribution in [3.63, 3.8) is 0 Å². The highest BCUT2D eigenvalue weighted by atomic mass is 79.9. The largest absolute Gasteiger partial charge is 0.444 e. The Balaban J connectivity index is 1.92. The number of ether oxygens (including phenoxy) is 2. The third kappa shape index (κ3) is 4.21. The summed E-state index contributed by atoms with van der Waals surface area (Å²) in [6.45, 7) is 7.87. The lowest BCUT2D eigenvalue weighted by Crippen LogP contribution is -2.48. The molecule has 1 saturated heterocycles. The zero-order chi connectivity index (χ0) is 14.8. The van der Waals surface area contributed by atoms with Gasteiger partial charge in [-0.15, -0.1) is 0 Å². The third-order valence-corrected chi connectivity index (χ3v) is 3.52. The topological polar surface area (TPSA) is 56.6 Å². The fraction of sp³-hybridized carbons (Fsp3) is 0.692. The SMILES string of the molecule is CC(C)(C)OC(=O)N1CCOC(Cn2ccnc2Br)C1. The smallest absolute Gasteiger partial charge is 0.410 e. The molecule has 0 aromatic carbocycles. The molecule has 0 N–H and O–H groups in total. The van der Waals surface area contributed by atoms with Crippen LogP contribution >= 0.6 is 15.9 Å². The van der Waals surface area contributed by atoms with Crippen molar-refractivity contribution in [2.75, 3.05) is 19.7 Å². The Morgan fingerprint density at radius 3 is 2.95 bits per heavy atom. The predicted octanol–water partition coefficient (Wildman–Crippen LogP) is 2.28. The van der Waals surface area contributed by atoms with Crippen LogP contribution in [0.3, 0.4) is 0 Å². The summed E-state index contributed by atoms with van der Waals surface area (Å²) < 4.78 is 13.8. The predicted molar refractivity (Wildman–Crippen MR) is 77.5 cm³/mol. The van der Waals surface area contributed by atoms with Gasteiger partial charge in [0.2, 0.25) is 0 Å². The molecule has 112 valence electrons. The van der Waals surface area contributed by atoms with Crippen LogP contribution in [0.2, 0.25) is 0 Å². The molecule has 20 heavy (non-hydrogen) atoms. The number of carbonyl (C=O) groups excluding carboxylic acids is 1. The van der Waals surface area contributed by atoms with Gasteiger partial charge in [0.05, 0.1) is 25.8 Å². The number of halogens is 1. The summed E-state index contributed by atoms with van der Waals surface area (Å²) in [5.41, 5.74) is -0.474. The zero-order valence-electron chi connectivity index (χ0n) is 12.0. The summed E-state index contributed by atoms with van der Waals surface area (Å²) in [6.07, 6.45) is 3.26. The second-order valence-corrected chi connectivity index (χ2v) is 6.48. The van der Waals surface area contributed by atoms with Crippen LogP contribution in [0.15, 0.2) is 17.1 Å². The molecule has 0 bridgehead atoms. The molecule has 6 nitrogen and oxygen atoms in total. The van der Waals surface area contributed by atoms with E-state index in [0.717, 1.165) is 4.73 Å². The first-order valence-electron chi connectivity index (χ1n) is 6.61. The number of aromatic nitrogens is 2. The molecule has 1 aliphatic heterocycles. The van der Waals surface area contributed by atoms with Crippen LogP contribution in [-0.4, -0.2) is 51.9 Å². The average Bonchev–Trinajstić information content (AvgIpc) is 2.73. The third-order valence-electron chi connectivity index (χ3n) is 2.86. The fourth-order valence-electron chi connectivity index (χ4n) is 1.99. The number of amides is 1. The molecule has 7 heteroatoms. The van der Waals surface area contributed by atoms with Gasteiger partial charge in [-0.3, -0.25) is 0 Å². The van der Waals surface area contributed by atoms with Crippen molar-refractivity contribution in [3.05, 3.63) is 17.1 Å². The van der Waals surface area contributed by atoms with Gasteiger partial charge >= 0.3 is 6.09 Å². The van der Waals surface area contributed by atoms with Crippen LogP contribution in [0.4, 0.5) is 4.79 Å². The van der Waals surface area contributed by atoms with E-state index < -0.39 is 5.60 Å². The van der Waals surface area contributed by atoms with E-state index in [1.807, 2.05) is 31.5 Å². The minimum Gasteiger partial charge on any atom is -0.444 e. The van der Waals surface area contributed by atoms with Crippen molar-refractivity contribution in [2.24, 2.45) is 0 Å². The van der Waals surface area contributed by atoms with Crippen LogP contribution in [0.5, 0.6) is 0 Å². The Labute approximate surface area is 127 Å². The molecule has 1 fully saturated rings. The van der Waals surface area contributed by atoms with Gasteiger partial charge in [0.25, 0.3) is 0 Å². The molecule has 1 atom stereocenters. The van der Waals surface area contributed by atoms with E-state index >= 15 is 0 Å². The van der Waals surface area contributed by atoms with Gasteiger partial charge in [-0.25, -0.2) is 9.78 Å². The number of imidazole rings is 1. The molecule has 2 rings (SSSR count). The van der Waals surface area contributed by atoms with E-state index in [4.69, 9.17) is 9.47 Å². The standard InChI is InChI=1S/C13H20BrN3O3/c1-13(2,3)20-12(18)17-6-7-19-10(9-17)8-16-5-4-15-11(16)14/h4-5,10H,6-9H2,1-3H3. The van der Waals surface area contributed by atoms with Crippen LogP contribution < -0.4 is 0 Å². The van der Waals surface area contributed by atoms with Crippen LogP contribution in [0, 0.1) is 0 Å². The van der Waals surface area contributed by atoms with Crippen LogP contribution in [0.25, 0.3) is 0 Å². The van der Waals surface area contributed by atoms with Crippen molar-refractivity contribution in [1.29, 1.82) is 0 Å². The zero-order valence-corrected chi connectivity index (χ0v) is 13.6. The second-order valence-electron chi connectivity index (χ2n) is 5.77. The van der Waals surface area contributed by atoms with Crippen molar-refractivity contribution in [3.8, 4) is 0 Å². The first kappa shape index (κ1) is 15.3. The summed E-state index contributed by atoms with van der Waals surface area (Å²) >= 11 is 3.37. The first-order chi connectivity index (χ1) is 9.35. The normalized spacial score (nSPS) is 20.0. The maximum absolute atomic E-state index is 12.0. The van der Waals surface area contributed by atoms with Crippen molar-refractivity contribution >= 4 is 22.0 Å². The molecule has 1 aromatic heterocycles. The highest BCUT2D eigenvalue weighted by Crippen LogP contribution is 2.15. The Morgan fingerprint density at radius 2 is 2.35 bits per heavy atom. The summed E-state index contributed by atoms with van der Waals surface area (Å²) in [5, 5.41) is 0. The van der Waals surface area contributed by atoms with Gasteiger partial charge in [-0.1, -0.05) is 0 Å².